The zero-order valence-corrected chi connectivity index (χ0v) is 10.0. The summed E-state index contributed by atoms with van der Waals surface area (Å²) in [5.74, 6) is 0.875. The lowest BCUT2D eigenvalue weighted by atomic mass is 9.85. The average molecular weight is 241 g/mol. The number of aromatic amines is 1. The minimum Gasteiger partial charge on any atom is -0.309 e. The van der Waals surface area contributed by atoms with Crippen LogP contribution in [-0.2, 0) is 4.79 Å². The lowest BCUT2D eigenvalue weighted by molar-refractivity contribution is -0.122. The number of benzene rings is 1. The summed E-state index contributed by atoms with van der Waals surface area (Å²) in [5, 5.41) is 9.91. The zero-order valence-electron chi connectivity index (χ0n) is 10.0. The van der Waals surface area contributed by atoms with Crippen molar-refractivity contribution in [3.8, 4) is 11.3 Å². The Bertz CT molecular complexity index is 543. The van der Waals surface area contributed by atoms with E-state index in [4.69, 9.17) is 0 Å². The van der Waals surface area contributed by atoms with E-state index in [1.54, 1.807) is 0 Å². The van der Waals surface area contributed by atoms with Crippen LogP contribution in [0.4, 0.5) is 5.82 Å². The van der Waals surface area contributed by atoms with Crippen molar-refractivity contribution in [2.24, 2.45) is 5.92 Å². The molecule has 0 bridgehead atoms. The second kappa shape index (κ2) is 4.64. The molecule has 3 rings (SSSR count). The van der Waals surface area contributed by atoms with Gasteiger partial charge in [0, 0.05) is 12.0 Å². The van der Waals surface area contributed by atoms with Crippen molar-refractivity contribution >= 4 is 11.7 Å². The molecule has 1 fully saturated rings. The van der Waals surface area contributed by atoms with E-state index in [1.165, 1.54) is 0 Å². The smallest absolute Gasteiger partial charge is 0.228 e. The van der Waals surface area contributed by atoms with E-state index in [-0.39, 0.29) is 11.8 Å². The van der Waals surface area contributed by atoms with E-state index in [2.05, 4.69) is 15.5 Å². The Hall–Kier alpha value is -2.10. The number of hydrogen-bond donors (Lipinski definition) is 2. The number of rotatable bonds is 3. The summed E-state index contributed by atoms with van der Waals surface area (Å²) in [5.41, 5.74) is 1.98. The third-order valence-electron chi connectivity index (χ3n) is 3.39. The molecule has 0 aliphatic heterocycles. The van der Waals surface area contributed by atoms with Gasteiger partial charge in [-0.2, -0.15) is 5.10 Å². The predicted molar refractivity (Wildman–Crippen MR) is 70.0 cm³/mol. The van der Waals surface area contributed by atoms with Gasteiger partial charge in [-0.15, -0.1) is 0 Å². The number of hydrogen-bond acceptors (Lipinski definition) is 2. The molecule has 92 valence electrons. The van der Waals surface area contributed by atoms with E-state index in [0.717, 1.165) is 30.5 Å². The van der Waals surface area contributed by atoms with Gasteiger partial charge < -0.3 is 5.32 Å². The number of anilines is 1. The van der Waals surface area contributed by atoms with Crippen LogP contribution in [0, 0.1) is 5.92 Å². The van der Waals surface area contributed by atoms with Crippen LogP contribution in [0.5, 0.6) is 0 Å². The van der Waals surface area contributed by atoms with Crippen LogP contribution in [0.25, 0.3) is 11.3 Å². The van der Waals surface area contributed by atoms with Crippen molar-refractivity contribution in [1.29, 1.82) is 0 Å². The zero-order chi connectivity index (χ0) is 12.4. The van der Waals surface area contributed by atoms with Gasteiger partial charge in [0.25, 0.3) is 0 Å². The molecule has 1 aliphatic carbocycles. The Morgan fingerprint density at radius 1 is 1.28 bits per heavy atom. The van der Waals surface area contributed by atoms with E-state index < -0.39 is 0 Å². The molecule has 0 saturated heterocycles. The molecule has 1 aliphatic rings. The van der Waals surface area contributed by atoms with Crippen LogP contribution in [0.15, 0.2) is 36.4 Å². The molecule has 1 heterocycles. The highest BCUT2D eigenvalue weighted by atomic mass is 16.2. The fraction of sp³-hybridized carbons (Fsp3) is 0.286. The van der Waals surface area contributed by atoms with Crippen LogP contribution >= 0.6 is 0 Å². The third kappa shape index (κ3) is 2.14. The molecule has 18 heavy (non-hydrogen) atoms. The van der Waals surface area contributed by atoms with Crippen molar-refractivity contribution in [3.05, 3.63) is 36.4 Å². The number of nitrogens with zero attached hydrogens (tertiary/aromatic N) is 1. The molecule has 1 aromatic heterocycles. The van der Waals surface area contributed by atoms with Gasteiger partial charge in [-0.1, -0.05) is 36.8 Å². The Morgan fingerprint density at radius 3 is 2.72 bits per heavy atom. The van der Waals surface area contributed by atoms with Gasteiger partial charge >= 0.3 is 0 Å². The van der Waals surface area contributed by atoms with E-state index in [9.17, 15) is 4.79 Å². The lowest BCUT2D eigenvalue weighted by Crippen LogP contribution is -2.28. The van der Waals surface area contributed by atoms with Gasteiger partial charge in [-0.3, -0.25) is 9.89 Å². The molecule has 0 spiro atoms. The fourth-order valence-electron chi connectivity index (χ4n) is 2.05. The second-order valence-corrected chi connectivity index (χ2v) is 4.65. The molecule has 1 aromatic carbocycles. The van der Waals surface area contributed by atoms with Crippen molar-refractivity contribution in [1.82, 2.24) is 10.2 Å². The fourth-order valence-corrected chi connectivity index (χ4v) is 2.05. The maximum Gasteiger partial charge on any atom is 0.228 e. The van der Waals surface area contributed by atoms with Crippen LogP contribution in [-0.4, -0.2) is 16.1 Å². The van der Waals surface area contributed by atoms with E-state index in [0.29, 0.717) is 5.82 Å². The summed E-state index contributed by atoms with van der Waals surface area (Å²) in [6, 6.07) is 11.8. The molecule has 4 heteroatoms. The van der Waals surface area contributed by atoms with Gasteiger partial charge in [0.05, 0.1) is 5.69 Å². The van der Waals surface area contributed by atoms with Crippen LogP contribution in [0.2, 0.25) is 0 Å². The SMILES string of the molecule is O=C(Nc1cc(-c2ccccc2)[nH]n1)C1CCC1. The third-order valence-corrected chi connectivity index (χ3v) is 3.39. The molecular weight excluding hydrogens is 226 g/mol. The number of aromatic nitrogens is 2. The second-order valence-electron chi connectivity index (χ2n) is 4.65. The number of H-pyrrole nitrogens is 1. The van der Waals surface area contributed by atoms with Crippen LogP contribution in [0.1, 0.15) is 19.3 Å². The Kier molecular flexibility index (Phi) is 2.84. The van der Waals surface area contributed by atoms with Crippen molar-refractivity contribution in [2.75, 3.05) is 5.32 Å². The van der Waals surface area contributed by atoms with Gasteiger partial charge in [0.2, 0.25) is 5.91 Å². The monoisotopic (exact) mass is 241 g/mol. The molecule has 1 amide bonds. The minimum absolute atomic E-state index is 0.0901. The first-order chi connectivity index (χ1) is 8.83. The number of carbonyl (C=O) groups excluding carboxylic acids is 1. The summed E-state index contributed by atoms with van der Waals surface area (Å²) < 4.78 is 0. The van der Waals surface area contributed by atoms with Crippen molar-refractivity contribution in [3.63, 3.8) is 0 Å². The summed E-state index contributed by atoms with van der Waals surface area (Å²) in [4.78, 5) is 11.8. The first-order valence-corrected chi connectivity index (χ1v) is 6.24. The van der Waals surface area contributed by atoms with Gasteiger partial charge in [0.1, 0.15) is 0 Å². The first kappa shape index (κ1) is 11.0. The van der Waals surface area contributed by atoms with E-state index in [1.807, 2.05) is 36.4 Å². The number of amides is 1. The Morgan fingerprint density at radius 2 is 2.06 bits per heavy atom. The van der Waals surface area contributed by atoms with Gasteiger partial charge in [-0.05, 0) is 18.4 Å². The Labute approximate surface area is 105 Å². The molecule has 0 atom stereocenters. The lowest BCUT2D eigenvalue weighted by Gasteiger charge is -2.23. The molecule has 2 aromatic rings. The largest absolute Gasteiger partial charge is 0.309 e. The normalized spacial score (nSPS) is 15.1. The number of carbonyl (C=O) groups is 1. The summed E-state index contributed by atoms with van der Waals surface area (Å²) in [6.07, 6.45) is 3.16. The molecule has 2 N–H and O–H groups in total. The molecule has 1 saturated carbocycles. The average Bonchev–Trinajstić information content (AvgIpc) is 2.76. The molecule has 4 nitrogen and oxygen atoms in total. The molecule has 0 unspecified atom stereocenters. The minimum atomic E-state index is 0.0901. The standard InChI is InChI=1S/C14H15N3O/c18-14(11-7-4-8-11)15-13-9-12(16-17-13)10-5-2-1-3-6-10/h1-3,5-6,9,11H,4,7-8H2,(H2,15,16,17,18). The van der Waals surface area contributed by atoms with E-state index >= 15 is 0 Å². The maximum atomic E-state index is 11.8. The summed E-state index contributed by atoms with van der Waals surface area (Å²) in [6.45, 7) is 0. The Balaban J connectivity index is 1.71. The van der Waals surface area contributed by atoms with Crippen molar-refractivity contribution < 1.29 is 4.79 Å². The first-order valence-electron chi connectivity index (χ1n) is 6.24. The van der Waals surface area contributed by atoms with Crippen LogP contribution in [0.3, 0.4) is 0 Å². The van der Waals surface area contributed by atoms with Gasteiger partial charge in [-0.25, -0.2) is 0 Å². The maximum absolute atomic E-state index is 11.8. The highest BCUT2D eigenvalue weighted by molar-refractivity contribution is 5.92. The number of nitrogens with one attached hydrogen (secondary N) is 2. The van der Waals surface area contributed by atoms with Crippen molar-refractivity contribution in [2.45, 2.75) is 19.3 Å². The predicted octanol–water partition coefficient (Wildman–Crippen LogP) is 2.82. The molecule has 0 radical (unpaired) electrons. The summed E-state index contributed by atoms with van der Waals surface area (Å²) in [7, 11) is 0. The summed E-state index contributed by atoms with van der Waals surface area (Å²) >= 11 is 0. The highest BCUT2D eigenvalue weighted by Gasteiger charge is 2.25. The topological polar surface area (TPSA) is 57.8 Å². The van der Waals surface area contributed by atoms with Crippen LogP contribution < -0.4 is 5.32 Å². The van der Waals surface area contributed by atoms with Gasteiger partial charge in [0.15, 0.2) is 5.82 Å². The molecular formula is C14H15N3O. The highest BCUT2D eigenvalue weighted by Crippen LogP contribution is 2.27. The quantitative estimate of drug-likeness (QED) is 0.868.